The second-order valence-electron chi connectivity index (χ2n) is 5.97. The Morgan fingerprint density at radius 2 is 2.41 bits per heavy atom. The minimum atomic E-state index is -0.157. The maximum atomic E-state index is 12.5. The molecule has 116 valence electrons. The molecular formula is C16H19N3O2S. The third kappa shape index (κ3) is 2.36. The Morgan fingerprint density at radius 1 is 1.50 bits per heavy atom. The van der Waals surface area contributed by atoms with Gasteiger partial charge in [-0.15, -0.1) is 11.3 Å². The van der Waals surface area contributed by atoms with Gasteiger partial charge in [-0.3, -0.25) is 4.79 Å². The van der Waals surface area contributed by atoms with Crippen LogP contribution in [0.2, 0.25) is 0 Å². The van der Waals surface area contributed by atoms with Gasteiger partial charge in [-0.2, -0.15) is 0 Å². The molecule has 1 aliphatic carbocycles. The highest BCUT2D eigenvalue weighted by Gasteiger charge is 2.34. The molecule has 0 radical (unpaired) electrons. The SMILES string of the molecule is Cn1ccnc1[C@H]1OCC[C@@H]1NC(=O)c1cc2c(s1)CCC2. The number of ether oxygens (including phenoxy) is 1. The van der Waals surface area contributed by atoms with Crippen LogP contribution < -0.4 is 5.32 Å². The molecule has 2 aromatic rings. The summed E-state index contributed by atoms with van der Waals surface area (Å²) in [5, 5.41) is 3.14. The molecule has 3 heterocycles. The summed E-state index contributed by atoms with van der Waals surface area (Å²) in [5.74, 6) is 0.894. The fourth-order valence-corrected chi connectivity index (χ4v) is 4.48. The van der Waals surface area contributed by atoms with Gasteiger partial charge in [0.2, 0.25) is 0 Å². The third-order valence-electron chi connectivity index (χ3n) is 4.49. The lowest BCUT2D eigenvalue weighted by atomic mass is 10.1. The van der Waals surface area contributed by atoms with Crippen molar-refractivity contribution in [1.29, 1.82) is 0 Å². The van der Waals surface area contributed by atoms with Gasteiger partial charge in [-0.1, -0.05) is 0 Å². The van der Waals surface area contributed by atoms with E-state index in [2.05, 4.69) is 16.4 Å². The molecule has 0 aromatic carbocycles. The number of nitrogens with zero attached hydrogens (tertiary/aromatic N) is 2. The number of aromatic nitrogens is 2. The Hall–Kier alpha value is -1.66. The van der Waals surface area contributed by atoms with Crippen LogP contribution in [0.15, 0.2) is 18.5 Å². The number of fused-ring (bicyclic) bond motifs is 1. The molecule has 5 nitrogen and oxygen atoms in total. The maximum absolute atomic E-state index is 12.5. The number of carbonyl (C=O) groups is 1. The van der Waals surface area contributed by atoms with E-state index in [1.165, 1.54) is 16.9 Å². The zero-order chi connectivity index (χ0) is 15.1. The summed E-state index contributed by atoms with van der Waals surface area (Å²) in [6.07, 6.45) is 7.79. The van der Waals surface area contributed by atoms with Gasteiger partial charge >= 0.3 is 0 Å². The molecule has 1 saturated heterocycles. The first kappa shape index (κ1) is 14.0. The Morgan fingerprint density at radius 3 is 3.18 bits per heavy atom. The number of rotatable bonds is 3. The van der Waals surface area contributed by atoms with Crippen LogP contribution in [0.1, 0.15) is 44.9 Å². The first-order chi connectivity index (χ1) is 10.7. The third-order valence-corrected chi connectivity index (χ3v) is 5.73. The van der Waals surface area contributed by atoms with Crippen molar-refractivity contribution in [3.63, 3.8) is 0 Å². The van der Waals surface area contributed by atoms with Gasteiger partial charge < -0.3 is 14.6 Å². The smallest absolute Gasteiger partial charge is 0.261 e. The van der Waals surface area contributed by atoms with Crippen LogP contribution >= 0.6 is 11.3 Å². The van der Waals surface area contributed by atoms with E-state index in [4.69, 9.17) is 4.74 Å². The van der Waals surface area contributed by atoms with E-state index in [1.807, 2.05) is 17.8 Å². The Labute approximate surface area is 133 Å². The number of hydrogen-bond acceptors (Lipinski definition) is 4. The number of amides is 1. The maximum Gasteiger partial charge on any atom is 0.261 e. The van der Waals surface area contributed by atoms with E-state index < -0.39 is 0 Å². The Kier molecular flexibility index (Phi) is 3.50. The van der Waals surface area contributed by atoms with Crippen molar-refractivity contribution in [1.82, 2.24) is 14.9 Å². The van der Waals surface area contributed by atoms with Crippen LogP contribution in [-0.2, 0) is 24.6 Å². The summed E-state index contributed by atoms with van der Waals surface area (Å²) in [4.78, 5) is 19.1. The van der Waals surface area contributed by atoms with Crippen LogP contribution in [0.3, 0.4) is 0 Å². The van der Waals surface area contributed by atoms with Gasteiger partial charge in [0.15, 0.2) is 0 Å². The average Bonchev–Trinajstić information content (AvgIpc) is 3.20. The van der Waals surface area contributed by atoms with Crippen LogP contribution in [0.4, 0.5) is 0 Å². The quantitative estimate of drug-likeness (QED) is 0.944. The lowest BCUT2D eigenvalue weighted by Gasteiger charge is -2.19. The number of hydrogen-bond donors (Lipinski definition) is 1. The van der Waals surface area contributed by atoms with Crippen molar-refractivity contribution < 1.29 is 9.53 Å². The standard InChI is InChI=1S/C16H19N3O2S/c1-19-7-6-17-15(19)14-11(5-8-21-14)18-16(20)13-9-10-3-2-4-12(10)22-13/h6-7,9,11,14H,2-5,8H2,1H3,(H,18,20)/t11-,14-/m0/s1. The molecule has 1 fully saturated rings. The van der Waals surface area contributed by atoms with E-state index in [0.29, 0.717) is 6.61 Å². The lowest BCUT2D eigenvalue weighted by Crippen LogP contribution is -2.37. The van der Waals surface area contributed by atoms with Gasteiger partial charge in [-0.05, 0) is 37.3 Å². The molecule has 1 amide bonds. The van der Waals surface area contributed by atoms with E-state index >= 15 is 0 Å². The monoisotopic (exact) mass is 317 g/mol. The van der Waals surface area contributed by atoms with Crippen LogP contribution in [0.5, 0.6) is 0 Å². The van der Waals surface area contributed by atoms with Gasteiger partial charge in [0.25, 0.3) is 5.91 Å². The molecule has 4 rings (SSSR count). The number of carbonyl (C=O) groups excluding carboxylic acids is 1. The second-order valence-corrected chi connectivity index (χ2v) is 7.11. The minimum Gasteiger partial charge on any atom is -0.368 e. The molecule has 1 N–H and O–H groups in total. The molecule has 2 aromatic heterocycles. The first-order valence-corrected chi connectivity index (χ1v) is 8.55. The van der Waals surface area contributed by atoms with Crippen LogP contribution in [-0.4, -0.2) is 28.1 Å². The van der Waals surface area contributed by atoms with Crippen LogP contribution in [0, 0.1) is 0 Å². The first-order valence-electron chi connectivity index (χ1n) is 7.73. The Bertz CT molecular complexity index is 685. The van der Waals surface area contributed by atoms with Crippen LogP contribution in [0.25, 0.3) is 0 Å². The van der Waals surface area contributed by atoms with Crippen molar-refractivity contribution in [2.75, 3.05) is 6.61 Å². The van der Waals surface area contributed by atoms with Gasteiger partial charge in [0.1, 0.15) is 11.9 Å². The molecule has 22 heavy (non-hydrogen) atoms. The topological polar surface area (TPSA) is 56.1 Å². The van der Waals surface area contributed by atoms with Gasteiger partial charge in [0.05, 0.1) is 10.9 Å². The number of thiophene rings is 1. The number of aryl methyl sites for hydroxylation is 3. The molecule has 0 saturated carbocycles. The average molecular weight is 317 g/mol. The largest absolute Gasteiger partial charge is 0.368 e. The minimum absolute atomic E-state index is 0.00876. The summed E-state index contributed by atoms with van der Waals surface area (Å²) in [6, 6.07) is 2.05. The summed E-state index contributed by atoms with van der Waals surface area (Å²) in [5.41, 5.74) is 1.36. The lowest BCUT2D eigenvalue weighted by molar-refractivity contribution is 0.0781. The van der Waals surface area contributed by atoms with Crippen molar-refractivity contribution in [3.05, 3.63) is 39.6 Å². The molecule has 0 spiro atoms. The predicted molar refractivity (Wildman–Crippen MR) is 84.1 cm³/mol. The molecular weight excluding hydrogens is 298 g/mol. The Balaban J connectivity index is 1.49. The normalized spacial score (nSPS) is 23.7. The zero-order valence-electron chi connectivity index (χ0n) is 12.5. The predicted octanol–water partition coefficient (Wildman–Crippen LogP) is 2.23. The fraction of sp³-hybridized carbons (Fsp3) is 0.500. The molecule has 2 atom stereocenters. The van der Waals surface area contributed by atoms with E-state index in [9.17, 15) is 4.79 Å². The zero-order valence-corrected chi connectivity index (χ0v) is 13.4. The van der Waals surface area contributed by atoms with Crippen molar-refractivity contribution in [2.45, 2.75) is 37.8 Å². The number of imidazole rings is 1. The van der Waals surface area contributed by atoms with Gasteiger partial charge in [0, 0.05) is 30.9 Å². The van der Waals surface area contributed by atoms with Crippen molar-refractivity contribution >= 4 is 17.2 Å². The van der Waals surface area contributed by atoms with E-state index in [-0.39, 0.29) is 18.1 Å². The highest BCUT2D eigenvalue weighted by atomic mass is 32.1. The van der Waals surface area contributed by atoms with Crippen molar-refractivity contribution in [3.8, 4) is 0 Å². The summed E-state index contributed by atoms with van der Waals surface area (Å²) in [6.45, 7) is 0.656. The summed E-state index contributed by atoms with van der Waals surface area (Å²) < 4.78 is 7.75. The summed E-state index contributed by atoms with van der Waals surface area (Å²) >= 11 is 1.64. The molecule has 2 aliphatic rings. The molecule has 1 aliphatic heterocycles. The number of nitrogens with one attached hydrogen (secondary N) is 1. The van der Waals surface area contributed by atoms with E-state index in [1.54, 1.807) is 17.5 Å². The summed E-state index contributed by atoms with van der Waals surface area (Å²) in [7, 11) is 1.95. The highest BCUT2D eigenvalue weighted by Crippen LogP contribution is 2.32. The van der Waals surface area contributed by atoms with Gasteiger partial charge in [-0.25, -0.2) is 4.98 Å². The molecule has 0 bridgehead atoms. The van der Waals surface area contributed by atoms with E-state index in [0.717, 1.165) is 30.0 Å². The second kappa shape index (κ2) is 5.52. The van der Waals surface area contributed by atoms with Crippen molar-refractivity contribution in [2.24, 2.45) is 7.05 Å². The molecule has 0 unspecified atom stereocenters. The highest BCUT2D eigenvalue weighted by molar-refractivity contribution is 7.14. The molecule has 6 heteroatoms. The fourth-order valence-electron chi connectivity index (χ4n) is 3.32.